The lowest BCUT2D eigenvalue weighted by Crippen LogP contribution is -2.04. The molecule has 0 bridgehead atoms. The second-order valence-corrected chi connectivity index (χ2v) is 8.23. The van der Waals surface area contributed by atoms with E-state index in [2.05, 4.69) is 90.9 Å². The molecule has 0 fully saturated rings. The normalized spacial score (nSPS) is 11.0. The Morgan fingerprint density at radius 1 is 1.03 bits per heavy atom. The topological polar surface area (TPSA) is 52.0 Å². The van der Waals surface area contributed by atoms with Crippen LogP contribution in [0.4, 0.5) is 11.6 Å². The average Bonchev–Trinajstić information content (AvgIpc) is 3.26. The highest BCUT2D eigenvalue weighted by Gasteiger charge is 2.13. The summed E-state index contributed by atoms with van der Waals surface area (Å²) in [6.07, 6.45) is 7.56. The molecule has 2 aromatic heterocycles. The van der Waals surface area contributed by atoms with E-state index in [-0.39, 0.29) is 0 Å². The molecule has 0 unspecified atom stereocenters. The van der Waals surface area contributed by atoms with E-state index < -0.39 is 0 Å². The minimum atomic E-state index is 0.576. The van der Waals surface area contributed by atoms with Crippen molar-refractivity contribution >= 4 is 22.7 Å². The van der Waals surface area contributed by atoms with E-state index in [4.69, 9.17) is 9.72 Å². The van der Waals surface area contributed by atoms with Gasteiger partial charge in [0.1, 0.15) is 11.4 Å². The van der Waals surface area contributed by atoms with Gasteiger partial charge in [0.05, 0.1) is 12.8 Å². The number of methoxy groups -OCH3 is 1. The van der Waals surface area contributed by atoms with Gasteiger partial charge in [-0.25, -0.2) is 4.98 Å². The molecule has 2 heterocycles. The zero-order valence-corrected chi connectivity index (χ0v) is 20.0. The van der Waals surface area contributed by atoms with E-state index in [1.165, 1.54) is 22.3 Å². The molecule has 5 nitrogen and oxygen atoms in total. The highest BCUT2D eigenvalue weighted by Crippen LogP contribution is 2.31. The molecule has 0 aliphatic carbocycles. The van der Waals surface area contributed by atoms with Crippen molar-refractivity contribution in [2.24, 2.45) is 0 Å². The van der Waals surface area contributed by atoms with Crippen LogP contribution in [0.15, 0.2) is 67.0 Å². The molecule has 2 aromatic carbocycles. The molecule has 0 aliphatic rings. The maximum atomic E-state index is 5.65. The number of allylic oxidation sites excluding steroid dienone is 1. The first-order chi connectivity index (χ1) is 16.1. The van der Waals surface area contributed by atoms with E-state index in [1.54, 1.807) is 7.11 Å². The lowest BCUT2D eigenvalue weighted by molar-refractivity contribution is 0.405. The first-order valence-corrected chi connectivity index (χ1v) is 11.6. The van der Waals surface area contributed by atoms with Crippen LogP contribution in [0, 0.1) is 0 Å². The standard InChI is InChI=1S/C28H32N4O/c1-6-19(4)15-22-11-9-10-12-25(22)32-14-13-23-18-29-28(31-27(23)32)30-24-16-20(7-2)26(33-5)21(8-3)17-24/h9-14,16-18H,4,6-8,15H2,1-3,5H3,(H,29,30,31). The number of aryl methyl sites for hydroxylation is 2. The number of nitrogens with one attached hydrogen (secondary N) is 1. The third kappa shape index (κ3) is 4.63. The number of hydrogen-bond acceptors (Lipinski definition) is 4. The van der Waals surface area contributed by atoms with Gasteiger partial charge in [-0.1, -0.05) is 51.1 Å². The van der Waals surface area contributed by atoms with Crippen molar-refractivity contribution in [2.45, 2.75) is 46.5 Å². The largest absolute Gasteiger partial charge is 0.496 e. The summed E-state index contributed by atoms with van der Waals surface area (Å²) in [5, 5.41) is 4.42. The van der Waals surface area contributed by atoms with Gasteiger partial charge in [0.25, 0.3) is 0 Å². The molecule has 0 amide bonds. The number of fused-ring (bicyclic) bond motifs is 1. The number of hydrogen-bond donors (Lipinski definition) is 1. The third-order valence-corrected chi connectivity index (χ3v) is 6.08. The molecule has 33 heavy (non-hydrogen) atoms. The van der Waals surface area contributed by atoms with Crippen molar-refractivity contribution in [1.82, 2.24) is 14.5 Å². The van der Waals surface area contributed by atoms with Gasteiger partial charge in [0.15, 0.2) is 0 Å². The quantitative estimate of drug-likeness (QED) is 0.291. The van der Waals surface area contributed by atoms with Crippen LogP contribution in [-0.2, 0) is 19.3 Å². The number of rotatable bonds is 9. The monoisotopic (exact) mass is 440 g/mol. The van der Waals surface area contributed by atoms with E-state index in [1.807, 2.05) is 6.20 Å². The number of aromatic nitrogens is 3. The van der Waals surface area contributed by atoms with Crippen LogP contribution in [0.2, 0.25) is 0 Å². The van der Waals surface area contributed by atoms with Gasteiger partial charge >= 0.3 is 0 Å². The molecular formula is C28H32N4O. The van der Waals surface area contributed by atoms with Gasteiger partial charge < -0.3 is 14.6 Å². The van der Waals surface area contributed by atoms with Crippen molar-refractivity contribution in [3.63, 3.8) is 0 Å². The maximum absolute atomic E-state index is 5.65. The molecule has 0 spiro atoms. The predicted molar refractivity (Wildman–Crippen MR) is 137 cm³/mol. The number of para-hydroxylation sites is 1. The SMILES string of the molecule is C=C(CC)Cc1ccccc1-n1ccc2cnc(Nc3cc(CC)c(OC)c(CC)c3)nc21. The second kappa shape index (κ2) is 9.90. The summed E-state index contributed by atoms with van der Waals surface area (Å²) in [6, 6.07) is 14.7. The van der Waals surface area contributed by atoms with Gasteiger partial charge in [-0.3, -0.25) is 0 Å². The first kappa shape index (κ1) is 22.6. The first-order valence-electron chi connectivity index (χ1n) is 11.6. The van der Waals surface area contributed by atoms with E-state index >= 15 is 0 Å². The Balaban J connectivity index is 1.73. The maximum Gasteiger partial charge on any atom is 0.229 e. The summed E-state index contributed by atoms with van der Waals surface area (Å²) in [7, 11) is 1.74. The summed E-state index contributed by atoms with van der Waals surface area (Å²) in [6.45, 7) is 10.6. The van der Waals surface area contributed by atoms with Crippen molar-refractivity contribution in [1.29, 1.82) is 0 Å². The Kier molecular flexibility index (Phi) is 6.78. The Morgan fingerprint density at radius 3 is 2.42 bits per heavy atom. The van der Waals surface area contributed by atoms with Crippen LogP contribution in [-0.4, -0.2) is 21.6 Å². The Bertz CT molecular complexity index is 1260. The number of benzene rings is 2. The van der Waals surface area contributed by atoms with Crippen LogP contribution in [0.25, 0.3) is 16.7 Å². The molecule has 4 rings (SSSR count). The highest BCUT2D eigenvalue weighted by atomic mass is 16.5. The molecule has 0 radical (unpaired) electrons. The highest BCUT2D eigenvalue weighted by molar-refractivity contribution is 5.79. The minimum absolute atomic E-state index is 0.576. The van der Waals surface area contributed by atoms with Crippen LogP contribution >= 0.6 is 0 Å². The van der Waals surface area contributed by atoms with Crippen molar-refractivity contribution in [3.05, 3.63) is 83.7 Å². The van der Waals surface area contributed by atoms with E-state index in [0.29, 0.717) is 5.95 Å². The zero-order valence-electron chi connectivity index (χ0n) is 20.0. The molecule has 5 heteroatoms. The van der Waals surface area contributed by atoms with Crippen LogP contribution < -0.4 is 10.1 Å². The average molecular weight is 441 g/mol. The molecule has 0 saturated heterocycles. The second-order valence-electron chi connectivity index (χ2n) is 8.23. The van der Waals surface area contributed by atoms with Gasteiger partial charge in [-0.15, -0.1) is 0 Å². The lowest BCUT2D eigenvalue weighted by atomic mass is 10.0. The Hall–Kier alpha value is -3.60. The smallest absolute Gasteiger partial charge is 0.229 e. The van der Waals surface area contributed by atoms with Crippen molar-refractivity contribution in [2.75, 3.05) is 12.4 Å². The third-order valence-electron chi connectivity index (χ3n) is 6.08. The van der Waals surface area contributed by atoms with E-state index in [9.17, 15) is 0 Å². The number of nitrogens with zero attached hydrogens (tertiary/aromatic N) is 3. The van der Waals surface area contributed by atoms with Crippen molar-refractivity contribution in [3.8, 4) is 11.4 Å². The summed E-state index contributed by atoms with van der Waals surface area (Å²) >= 11 is 0. The van der Waals surface area contributed by atoms with Crippen molar-refractivity contribution < 1.29 is 4.74 Å². The molecule has 1 N–H and O–H groups in total. The molecule has 170 valence electrons. The lowest BCUT2D eigenvalue weighted by Gasteiger charge is -2.15. The molecular weight excluding hydrogens is 408 g/mol. The molecule has 0 aliphatic heterocycles. The van der Waals surface area contributed by atoms with Gasteiger partial charge in [0, 0.05) is 23.5 Å². The van der Waals surface area contributed by atoms with Crippen LogP contribution in [0.1, 0.15) is 43.9 Å². The summed E-state index contributed by atoms with van der Waals surface area (Å²) in [4.78, 5) is 9.45. The number of anilines is 2. The molecule has 0 saturated carbocycles. The van der Waals surface area contributed by atoms with Gasteiger partial charge in [-0.05, 0) is 66.6 Å². The predicted octanol–water partition coefficient (Wildman–Crippen LogP) is 6.81. The fraction of sp³-hybridized carbons (Fsp3) is 0.286. The minimum Gasteiger partial charge on any atom is -0.496 e. The summed E-state index contributed by atoms with van der Waals surface area (Å²) in [5.41, 5.74) is 7.78. The summed E-state index contributed by atoms with van der Waals surface area (Å²) < 4.78 is 7.80. The fourth-order valence-electron chi connectivity index (χ4n) is 4.21. The number of ether oxygens (including phenoxy) is 1. The van der Waals surface area contributed by atoms with Gasteiger partial charge in [0.2, 0.25) is 5.95 Å². The summed E-state index contributed by atoms with van der Waals surface area (Å²) in [5.74, 6) is 1.55. The van der Waals surface area contributed by atoms with Crippen LogP contribution in [0.3, 0.4) is 0 Å². The fourth-order valence-corrected chi connectivity index (χ4v) is 4.21. The Morgan fingerprint density at radius 2 is 1.76 bits per heavy atom. The van der Waals surface area contributed by atoms with Crippen LogP contribution in [0.5, 0.6) is 5.75 Å². The Labute approximate surface area is 196 Å². The molecule has 4 aromatic rings. The molecule has 0 atom stereocenters. The van der Waals surface area contributed by atoms with E-state index in [0.717, 1.165) is 53.8 Å². The van der Waals surface area contributed by atoms with Gasteiger partial charge in [-0.2, -0.15) is 4.98 Å². The zero-order chi connectivity index (χ0) is 23.4.